The number of methoxy groups -OCH3 is 2. The number of nitrogens with zero attached hydrogens (tertiary/aromatic N) is 2. The molecule has 2 heterocycles. The summed E-state index contributed by atoms with van der Waals surface area (Å²) in [5.41, 5.74) is 2.94. The Bertz CT molecular complexity index is 1160. The molecule has 1 fully saturated rings. The molecular formula is C25H26ClN3O4S. The maximum absolute atomic E-state index is 12.8. The third kappa shape index (κ3) is 5.35. The minimum Gasteiger partial charge on any atom is -0.495 e. The van der Waals surface area contributed by atoms with E-state index in [2.05, 4.69) is 15.1 Å². The van der Waals surface area contributed by atoms with Gasteiger partial charge in [0.25, 0.3) is 0 Å². The lowest BCUT2D eigenvalue weighted by molar-refractivity contribution is -0.117. The number of thiophene rings is 1. The van der Waals surface area contributed by atoms with Crippen LogP contribution in [0, 0.1) is 0 Å². The molecule has 3 aromatic rings. The Labute approximate surface area is 207 Å². The second-order valence-corrected chi connectivity index (χ2v) is 9.15. The molecule has 0 saturated carbocycles. The van der Waals surface area contributed by atoms with Crippen molar-refractivity contribution in [3.63, 3.8) is 0 Å². The van der Waals surface area contributed by atoms with E-state index in [-0.39, 0.29) is 12.5 Å². The molecule has 1 amide bonds. The van der Waals surface area contributed by atoms with Gasteiger partial charge in [0.2, 0.25) is 5.91 Å². The van der Waals surface area contributed by atoms with E-state index in [4.69, 9.17) is 21.1 Å². The molecule has 2 aromatic carbocycles. The van der Waals surface area contributed by atoms with Gasteiger partial charge in [0.05, 0.1) is 26.5 Å². The summed E-state index contributed by atoms with van der Waals surface area (Å²) in [4.78, 5) is 29.7. The summed E-state index contributed by atoms with van der Waals surface area (Å²) in [6, 6.07) is 15.1. The number of ether oxygens (including phenoxy) is 2. The molecule has 1 N–H and O–H groups in total. The van der Waals surface area contributed by atoms with Crippen LogP contribution < -0.4 is 15.0 Å². The predicted octanol–water partition coefficient (Wildman–Crippen LogP) is 4.62. The second kappa shape index (κ2) is 10.9. The Kier molecular flexibility index (Phi) is 7.72. The largest absolute Gasteiger partial charge is 0.495 e. The fraction of sp³-hybridized carbons (Fsp3) is 0.280. The van der Waals surface area contributed by atoms with Gasteiger partial charge < -0.3 is 19.7 Å². The molecule has 0 bridgehead atoms. The number of carbonyl (C=O) groups is 2. The van der Waals surface area contributed by atoms with E-state index in [0.29, 0.717) is 21.2 Å². The van der Waals surface area contributed by atoms with Crippen LogP contribution >= 0.6 is 22.9 Å². The zero-order chi connectivity index (χ0) is 24.1. The summed E-state index contributed by atoms with van der Waals surface area (Å²) in [7, 11) is 3.00. The van der Waals surface area contributed by atoms with E-state index < -0.39 is 5.97 Å². The minimum atomic E-state index is -0.494. The number of piperazine rings is 1. The first kappa shape index (κ1) is 24.1. The van der Waals surface area contributed by atoms with Crippen molar-refractivity contribution in [3.8, 4) is 16.9 Å². The molecule has 1 saturated heterocycles. The van der Waals surface area contributed by atoms with Gasteiger partial charge in [-0.2, -0.15) is 0 Å². The number of amides is 1. The van der Waals surface area contributed by atoms with Crippen molar-refractivity contribution in [2.45, 2.75) is 0 Å². The molecule has 4 rings (SSSR count). The van der Waals surface area contributed by atoms with E-state index in [1.165, 1.54) is 18.4 Å². The lowest BCUT2D eigenvalue weighted by Gasteiger charge is -2.36. The number of esters is 1. The van der Waals surface area contributed by atoms with Crippen molar-refractivity contribution in [2.24, 2.45) is 0 Å². The van der Waals surface area contributed by atoms with E-state index in [1.807, 2.05) is 41.8 Å². The molecule has 0 spiro atoms. The maximum atomic E-state index is 12.8. The van der Waals surface area contributed by atoms with E-state index in [9.17, 15) is 9.59 Å². The first-order valence-corrected chi connectivity index (χ1v) is 12.1. The number of hydrogen-bond acceptors (Lipinski definition) is 7. The smallest absolute Gasteiger partial charge is 0.341 e. The molecule has 0 radical (unpaired) electrons. The SMILES string of the molecule is COC(=O)c1c(-c2ccc(Cl)cc2)csc1NC(=O)CN1CCN(c2ccccc2OC)CC1. The number of nitrogens with one attached hydrogen (secondary N) is 1. The number of halogens is 1. The number of anilines is 2. The fourth-order valence-corrected chi connectivity index (χ4v) is 5.10. The van der Waals surface area contributed by atoms with Crippen molar-refractivity contribution in [2.75, 3.05) is 57.2 Å². The number of rotatable bonds is 7. The molecule has 0 aliphatic carbocycles. The first-order chi connectivity index (χ1) is 16.5. The lowest BCUT2D eigenvalue weighted by Crippen LogP contribution is -2.48. The monoisotopic (exact) mass is 499 g/mol. The van der Waals surface area contributed by atoms with Crippen molar-refractivity contribution >= 4 is 45.5 Å². The highest BCUT2D eigenvalue weighted by atomic mass is 35.5. The second-order valence-electron chi connectivity index (χ2n) is 7.84. The van der Waals surface area contributed by atoms with Crippen LogP contribution in [0.4, 0.5) is 10.7 Å². The van der Waals surface area contributed by atoms with Gasteiger partial charge in [-0.1, -0.05) is 35.9 Å². The van der Waals surface area contributed by atoms with Gasteiger partial charge in [-0.05, 0) is 29.8 Å². The topological polar surface area (TPSA) is 71.1 Å². The Morgan fingerprint density at radius 3 is 2.41 bits per heavy atom. The number of para-hydroxylation sites is 2. The van der Waals surface area contributed by atoms with E-state index >= 15 is 0 Å². The van der Waals surface area contributed by atoms with Gasteiger partial charge in [-0.3, -0.25) is 9.69 Å². The zero-order valence-corrected chi connectivity index (χ0v) is 20.6. The maximum Gasteiger partial charge on any atom is 0.341 e. The molecule has 178 valence electrons. The van der Waals surface area contributed by atoms with Crippen LogP contribution in [0.5, 0.6) is 5.75 Å². The molecule has 0 atom stereocenters. The van der Waals surface area contributed by atoms with Gasteiger partial charge in [0.15, 0.2) is 0 Å². The Balaban J connectivity index is 1.41. The van der Waals surface area contributed by atoms with Crippen LogP contribution in [-0.4, -0.2) is 63.7 Å². The molecule has 1 aliphatic heterocycles. The molecule has 1 aromatic heterocycles. The number of hydrogen-bond donors (Lipinski definition) is 1. The Morgan fingerprint density at radius 1 is 1.03 bits per heavy atom. The van der Waals surface area contributed by atoms with Gasteiger partial charge in [-0.15, -0.1) is 11.3 Å². The summed E-state index contributed by atoms with van der Waals surface area (Å²) in [5.74, 6) is 0.186. The molecule has 34 heavy (non-hydrogen) atoms. The molecule has 9 heteroatoms. The van der Waals surface area contributed by atoms with Gasteiger partial charge >= 0.3 is 5.97 Å². The number of carbonyl (C=O) groups excluding carboxylic acids is 2. The van der Waals surface area contributed by atoms with Crippen molar-refractivity contribution in [1.82, 2.24) is 4.90 Å². The summed E-state index contributed by atoms with van der Waals surface area (Å²) in [6.45, 7) is 3.32. The van der Waals surface area contributed by atoms with Crippen LogP contribution in [0.2, 0.25) is 5.02 Å². The fourth-order valence-electron chi connectivity index (χ4n) is 4.00. The van der Waals surface area contributed by atoms with Crippen molar-refractivity contribution in [1.29, 1.82) is 0 Å². The lowest BCUT2D eigenvalue weighted by atomic mass is 10.0. The summed E-state index contributed by atoms with van der Waals surface area (Å²) >= 11 is 7.30. The Morgan fingerprint density at radius 2 is 1.74 bits per heavy atom. The summed E-state index contributed by atoms with van der Waals surface area (Å²) in [6.07, 6.45) is 0. The molecule has 7 nitrogen and oxygen atoms in total. The highest BCUT2D eigenvalue weighted by Gasteiger charge is 2.25. The molecule has 0 unspecified atom stereocenters. The van der Waals surface area contributed by atoms with Gasteiger partial charge in [-0.25, -0.2) is 4.79 Å². The van der Waals surface area contributed by atoms with Crippen molar-refractivity contribution < 1.29 is 19.1 Å². The molecular weight excluding hydrogens is 474 g/mol. The third-order valence-corrected chi connectivity index (χ3v) is 6.90. The minimum absolute atomic E-state index is 0.166. The standard InChI is InChI=1S/C25H26ClN3O4S/c1-32-21-6-4-3-5-20(21)29-13-11-28(12-14-29)15-22(30)27-24-23(25(31)33-2)19(16-34-24)17-7-9-18(26)10-8-17/h3-10,16H,11-15H2,1-2H3,(H,27,30). The van der Waals surface area contributed by atoms with Crippen LogP contribution in [-0.2, 0) is 9.53 Å². The highest BCUT2D eigenvalue weighted by Crippen LogP contribution is 2.36. The van der Waals surface area contributed by atoms with Crippen molar-refractivity contribution in [3.05, 3.63) is 64.5 Å². The average Bonchev–Trinajstić information content (AvgIpc) is 3.27. The predicted molar refractivity (Wildman–Crippen MR) is 136 cm³/mol. The van der Waals surface area contributed by atoms with Crippen LogP contribution in [0.1, 0.15) is 10.4 Å². The van der Waals surface area contributed by atoms with E-state index in [1.54, 1.807) is 19.2 Å². The van der Waals surface area contributed by atoms with Gasteiger partial charge in [0, 0.05) is 42.1 Å². The third-order valence-electron chi connectivity index (χ3n) is 5.75. The van der Waals surface area contributed by atoms with E-state index in [0.717, 1.165) is 43.2 Å². The number of benzene rings is 2. The zero-order valence-electron chi connectivity index (χ0n) is 19.0. The van der Waals surface area contributed by atoms with Crippen LogP contribution in [0.25, 0.3) is 11.1 Å². The highest BCUT2D eigenvalue weighted by molar-refractivity contribution is 7.15. The Hall–Kier alpha value is -3.07. The average molecular weight is 500 g/mol. The molecule has 1 aliphatic rings. The normalized spacial score (nSPS) is 14.0. The van der Waals surface area contributed by atoms with Gasteiger partial charge in [0.1, 0.15) is 16.3 Å². The van der Waals surface area contributed by atoms with Crippen LogP contribution in [0.15, 0.2) is 53.9 Å². The van der Waals surface area contributed by atoms with Crippen LogP contribution in [0.3, 0.4) is 0 Å². The first-order valence-electron chi connectivity index (χ1n) is 10.9. The summed E-state index contributed by atoms with van der Waals surface area (Å²) < 4.78 is 10.5. The quantitative estimate of drug-likeness (QED) is 0.478. The summed E-state index contributed by atoms with van der Waals surface area (Å²) in [5, 5.41) is 5.85.